The molecule has 2 rings (SSSR count). The number of rotatable bonds is 9. The molecule has 0 saturated carbocycles. The molecule has 0 fully saturated rings. The number of anilines is 1. The summed E-state index contributed by atoms with van der Waals surface area (Å²) in [5.41, 5.74) is 3.46. The Kier molecular flexibility index (Phi) is 6.70. The molecule has 27 heavy (non-hydrogen) atoms. The van der Waals surface area contributed by atoms with Crippen molar-refractivity contribution in [1.82, 2.24) is 0 Å². The maximum atomic E-state index is 11.0. The minimum atomic E-state index is -0.535. The topological polar surface area (TPSA) is 101 Å². The van der Waals surface area contributed by atoms with Crippen molar-refractivity contribution in [3.05, 3.63) is 52.3 Å². The molecule has 0 atom stereocenters. The van der Waals surface area contributed by atoms with Crippen LogP contribution in [0.3, 0.4) is 0 Å². The van der Waals surface area contributed by atoms with E-state index in [0.29, 0.717) is 28.5 Å². The fourth-order valence-corrected chi connectivity index (χ4v) is 2.30. The molecule has 2 aromatic carbocycles. The molecule has 9 nitrogen and oxygen atoms in total. The maximum Gasteiger partial charge on any atom is 0.313 e. The molecule has 144 valence electrons. The van der Waals surface area contributed by atoms with Gasteiger partial charge in [0, 0.05) is 18.2 Å². The highest BCUT2D eigenvalue weighted by Gasteiger charge is 2.15. The van der Waals surface area contributed by atoms with Gasteiger partial charge in [-0.25, -0.2) is 5.48 Å². The Morgan fingerprint density at radius 1 is 0.926 bits per heavy atom. The van der Waals surface area contributed by atoms with Crippen LogP contribution in [0.1, 0.15) is 5.56 Å². The van der Waals surface area contributed by atoms with Gasteiger partial charge in [0.1, 0.15) is 23.5 Å². The fourth-order valence-electron chi connectivity index (χ4n) is 2.30. The van der Waals surface area contributed by atoms with Crippen LogP contribution in [0.4, 0.5) is 11.4 Å². The largest absolute Gasteiger partial charge is 0.496 e. The Labute approximate surface area is 156 Å². The summed E-state index contributed by atoms with van der Waals surface area (Å²) in [6, 6.07) is 7.80. The predicted octanol–water partition coefficient (Wildman–Crippen LogP) is 3.64. The highest BCUT2D eigenvalue weighted by Crippen LogP contribution is 2.35. The summed E-state index contributed by atoms with van der Waals surface area (Å²) in [5, 5.41) is 11.0. The molecule has 0 aromatic heterocycles. The van der Waals surface area contributed by atoms with E-state index >= 15 is 0 Å². The standard InChI is InChI=1S/C18H20N2O7/c1-23-13-10-17(25-3)14(18(11-13)26-4)7-8-27-19-12-5-6-16(24-2)15(9-12)20(21)22/h5-11,19H,1-4H3/b8-7+. The zero-order valence-corrected chi connectivity index (χ0v) is 15.3. The minimum absolute atomic E-state index is 0.161. The van der Waals surface area contributed by atoms with Crippen LogP contribution in [0.5, 0.6) is 23.0 Å². The van der Waals surface area contributed by atoms with E-state index in [1.807, 2.05) is 0 Å². The number of benzene rings is 2. The maximum absolute atomic E-state index is 11.0. The highest BCUT2D eigenvalue weighted by molar-refractivity contribution is 5.66. The lowest BCUT2D eigenvalue weighted by Crippen LogP contribution is -1.99. The van der Waals surface area contributed by atoms with E-state index < -0.39 is 4.92 Å². The normalized spacial score (nSPS) is 10.4. The second kappa shape index (κ2) is 9.18. The summed E-state index contributed by atoms with van der Waals surface area (Å²) < 4.78 is 20.8. The summed E-state index contributed by atoms with van der Waals surface area (Å²) in [6.07, 6.45) is 2.99. The fraction of sp³-hybridized carbons (Fsp3) is 0.222. The van der Waals surface area contributed by atoms with Crippen molar-refractivity contribution >= 4 is 17.5 Å². The molecular formula is C18H20N2O7. The van der Waals surface area contributed by atoms with Gasteiger partial charge < -0.3 is 23.8 Å². The van der Waals surface area contributed by atoms with Gasteiger partial charge in [-0.1, -0.05) is 0 Å². The van der Waals surface area contributed by atoms with Crippen LogP contribution in [-0.4, -0.2) is 33.4 Å². The van der Waals surface area contributed by atoms with Crippen LogP contribution in [0.2, 0.25) is 0 Å². The minimum Gasteiger partial charge on any atom is -0.496 e. The van der Waals surface area contributed by atoms with Crippen LogP contribution >= 0.6 is 0 Å². The molecule has 0 spiro atoms. The Bertz CT molecular complexity index is 811. The third kappa shape index (κ3) is 4.72. The second-order valence-corrected chi connectivity index (χ2v) is 5.11. The van der Waals surface area contributed by atoms with Gasteiger partial charge >= 0.3 is 5.69 Å². The summed E-state index contributed by atoms with van der Waals surface area (Å²) in [4.78, 5) is 15.8. The van der Waals surface area contributed by atoms with Gasteiger partial charge in [-0.15, -0.1) is 0 Å². The predicted molar refractivity (Wildman–Crippen MR) is 99.5 cm³/mol. The van der Waals surface area contributed by atoms with Gasteiger partial charge in [0.2, 0.25) is 0 Å². The number of hydrogen-bond donors (Lipinski definition) is 1. The molecule has 0 saturated heterocycles. The molecule has 0 aliphatic heterocycles. The van der Waals surface area contributed by atoms with E-state index in [1.165, 1.54) is 39.7 Å². The van der Waals surface area contributed by atoms with Crippen molar-refractivity contribution in [3.63, 3.8) is 0 Å². The number of nitrogens with one attached hydrogen (secondary N) is 1. The van der Waals surface area contributed by atoms with Crippen molar-refractivity contribution in [2.45, 2.75) is 0 Å². The summed E-state index contributed by atoms with van der Waals surface area (Å²) in [7, 11) is 5.97. The van der Waals surface area contributed by atoms with Gasteiger partial charge in [0.15, 0.2) is 5.75 Å². The van der Waals surface area contributed by atoms with E-state index in [-0.39, 0.29) is 11.4 Å². The first-order valence-corrected chi connectivity index (χ1v) is 7.74. The molecular weight excluding hydrogens is 356 g/mol. The first kappa shape index (κ1) is 19.7. The summed E-state index contributed by atoms with van der Waals surface area (Å²) in [5.74, 6) is 1.82. The molecule has 9 heteroatoms. The van der Waals surface area contributed by atoms with Crippen LogP contribution in [-0.2, 0) is 4.84 Å². The molecule has 0 aliphatic rings. The lowest BCUT2D eigenvalue weighted by Gasteiger charge is -2.12. The quantitative estimate of drug-likeness (QED) is 0.402. The average Bonchev–Trinajstić information content (AvgIpc) is 2.70. The van der Waals surface area contributed by atoms with Crippen LogP contribution in [0.25, 0.3) is 6.08 Å². The zero-order valence-electron chi connectivity index (χ0n) is 15.3. The van der Waals surface area contributed by atoms with Gasteiger partial charge in [-0.3, -0.25) is 10.1 Å². The Morgan fingerprint density at radius 2 is 1.56 bits per heavy atom. The van der Waals surface area contributed by atoms with Crippen molar-refractivity contribution in [3.8, 4) is 23.0 Å². The number of methoxy groups -OCH3 is 4. The van der Waals surface area contributed by atoms with Crippen LogP contribution in [0, 0.1) is 10.1 Å². The monoisotopic (exact) mass is 376 g/mol. The molecule has 0 heterocycles. The summed E-state index contributed by atoms with van der Waals surface area (Å²) >= 11 is 0. The van der Waals surface area contributed by atoms with Gasteiger partial charge in [0.05, 0.1) is 44.6 Å². The first-order chi connectivity index (χ1) is 13.0. The first-order valence-electron chi connectivity index (χ1n) is 7.74. The van der Waals surface area contributed by atoms with E-state index in [1.54, 1.807) is 31.4 Å². The van der Waals surface area contributed by atoms with Gasteiger partial charge in [-0.2, -0.15) is 0 Å². The number of nitrogens with zero attached hydrogens (tertiary/aromatic N) is 1. The lowest BCUT2D eigenvalue weighted by molar-refractivity contribution is -0.385. The highest BCUT2D eigenvalue weighted by atomic mass is 16.6. The third-order valence-corrected chi connectivity index (χ3v) is 3.61. The van der Waals surface area contributed by atoms with E-state index in [4.69, 9.17) is 23.8 Å². The Balaban J connectivity index is 2.15. The number of hydrogen-bond acceptors (Lipinski definition) is 8. The van der Waals surface area contributed by atoms with Crippen molar-refractivity contribution < 1.29 is 28.7 Å². The van der Waals surface area contributed by atoms with Crippen molar-refractivity contribution in [1.29, 1.82) is 0 Å². The third-order valence-electron chi connectivity index (χ3n) is 3.61. The van der Waals surface area contributed by atoms with Gasteiger partial charge in [-0.05, 0) is 18.2 Å². The SMILES string of the molecule is COc1cc(OC)c(/C=C/ONc2ccc(OC)c([N+](=O)[O-])c2)c(OC)c1. The molecule has 0 amide bonds. The molecule has 0 aliphatic carbocycles. The number of ether oxygens (including phenoxy) is 4. The van der Waals surface area contributed by atoms with Crippen molar-refractivity contribution in [2.75, 3.05) is 33.9 Å². The van der Waals surface area contributed by atoms with E-state index in [2.05, 4.69) is 5.48 Å². The Morgan fingerprint density at radius 3 is 2.07 bits per heavy atom. The lowest BCUT2D eigenvalue weighted by atomic mass is 10.1. The molecule has 1 N–H and O–H groups in total. The zero-order chi connectivity index (χ0) is 19.8. The molecule has 0 bridgehead atoms. The molecule has 0 unspecified atom stereocenters. The van der Waals surface area contributed by atoms with Crippen LogP contribution < -0.4 is 24.4 Å². The van der Waals surface area contributed by atoms with Crippen molar-refractivity contribution in [2.24, 2.45) is 0 Å². The average molecular weight is 376 g/mol. The van der Waals surface area contributed by atoms with E-state index in [9.17, 15) is 10.1 Å². The summed E-state index contributed by atoms with van der Waals surface area (Å²) in [6.45, 7) is 0. The Hall–Kier alpha value is -3.62. The van der Waals surface area contributed by atoms with Gasteiger partial charge in [0.25, 0.3) is 0 Å². The van der Waals surface area contributed by atoms with Crippen LogP contribution in [0.15, 0.2) is 36.6 Å². The number of nitro groups is 1. The number of nitro benzene ring substituents is 1. The second-order valence-electron chi connectivity index (χ2n) is 5.11. The van der Waals surface area contributed by atoms with E-state index in [0.717, 1.165) is 0 Å². The molecule has 2 aromatic rings. The molecule has 0 radical (unpaired) electrons. The smallest absolute Gasteiger partial charge is 0.313 e.